The molecule has 0 saturated heterocycles. The van der Waals surface area contributed by atoms with Gasteiger partial charge in [0, 0.05) is 23.7 Å². The third-order valence-electron chi connectivity index (χ3n) is 4.12. The summed E-state index contributed by atoms with van der Waals surface area (Å²) in [7, 11) is 0. The summed E-state index contributed by atoms with van der Waals surface area (Å²) in [5, 5.41) is 10.1. The molecule has 1 saturated carbocycles. The molecule has 1 aromatic carbocycles. The number of aliphatic hydroxyl groups excluding tert-OH is 1. The Labute approximate surface area is 123 Å². The highest BCUT2D eigenvalue weighted by Gasteiger charge is 2.28. The first-order chi connectivity index (χ1) is 10.2. The Morgan fingerprint density at radius 3 is 2.81 bits per heavy atom. The lowest BCUT2D eigenvalue weighted by molar-refractivity contribution is 0.0608. The van der Waals surface area contributed by atoms with Crippen molar-refractivity contribution in [2.45, 2.75) is 31.7 Å². The molecule has 1 aromatic heterocycles. The first kappa shape index (κ1) is 13.9. The van der Waals surface area contributed by atoms with Gasteiger partial charge in [0.05, 0.1) is 6.61 Å². The number of nitrogen functional groups attached to an aromatic ring is 1. The summed E-state index contributed by atoms with van der Waals surface area (Å²) in [5.74, 6) is 0.168. The second-order valence-electron chi connectivity index (χ2n) is 5.57. The highest BCUT2D eigenvalue weighted by atomic mass is 16.3. The summed E-state index contributed by atoms with van der Waals surface area (Å²) in [4.78, 5) is 14.4. The number of rotatable bonds is 4. The highest BCUT2D eigenvalue weighted by molar-refractivity contribution is 5.96. The van der Waals surface area contributed by atoms with Gasteiger partial charge in [-0.1, -0.05) is 12.8 Å². The smallest absolute Gasteiger partial charge is 0.289 e. The van der Waals surface area contributed by atoms with Crippen LogP contribution in [0.4, 0.5) is 5.69 Å². The van der Waals surface area contributed by atoms with Gasteiger partial charge in [-0.3, -0.25) is 4.79 Å². The van der Waals surface area contributed by atoms with Crippen molar-refractivity contribution in [1.29, 1.82) is 0 Å². The van der Waals surface area contributed by atoms with E-state index in [4.69, 9.17) is 10.2 Å². The van der Waals surface area contributed by atoms with Crippen LogP contribution in [-0.2, 0) is 0 Å². The molecule has 3 N–H and O–H groups in total. The van der Waals surface area contributed by atoms with Crippen LogP contribution in [0.2, 0.25) is 0 Å². The Morgan fingerprint density at radius 1 is 1.33 bits per heavy atom. The van der Waals surface area contributed by atoms with Crippen molar-refractivity contribution in [2.24, 2.45) is 0 Å². The molecule has 0 aliphatic heterocycles. The fraction of sp³-hybridized carbons (Fsp3) is 0.438. The number of aliphatic hydroxyl groups is 1. The molecule has 5 heteroatoms. The van der Waals surface area contributed by atoms with Crippen LogP contribution in [0.1, 0.15) is 36.2 Å². The third kappa shape index (κ3) is 2.74. The number of nitrogens with zero attached hydrogens (tertiary/aromatic N) is 1. The number of nitrogens with two attached hydrogens (primary N) is 1. The van der Waals surface area contributed by atoms with E-state index in [1.807, 2.05) is 0 Å². The first-order valence-electron chi connectivity index (χ1n) is 7.40. The molecule has 21 heavy (non-hydrogen) atoms. The van der Waals surface area contributed by atoms with Crippen molar-refractivity contribution in [3.8, 4) is 0 Å². The molecule has 1 aliphatic carbocycles. The van der Waals surface area contributed by atoms with Crippen molar-refractivity contribution in [1.82, 2.24) is 4.90 Å². The molecule has 0 radical (unpaired) electrons. The second kappa shape index (κ2) is 5.77. The monoisotopic (exact) mass is 288 g/mol. The van der Waals surface area contributed by atoms with Crippen LogP contribution in [-0.4, -0.2) is 35.1 Å². The lowest BCUT2D eigenvalue weighted by Crippen LogP contribution is -2.40. The topological polar surface area (TPSA) is 79.7 Å². The number of anilines is 1. The van der Waals surface area contributed by atoms with Crippen LogP contribution in [0.25, 0.3) is 11.0 Å². The van der Waals surface area contributed by atoms with Gasteiger partial charge in [0.2, 0.25) is 0 Å². The molecule has 112 valence electrons. The molecular weight excluding hydrogens is 268 g/mol. The molecule has 1 amide bonds. The summed E-state index contributed by atoms with van der Waals surface area (Å²) >= 11 is 0. The van der Waals surface area contributed by atoms with E-state index in [9.17, 15) is 9.90 Å². The number of hydrogen-bond donors (Lipinski definition) is 2. The molecule has 3 rings (SSSR count). The maximum atomic E-state index is 12.7. The van der Waals surface area contributed by atoms with Crippen molar-refractivity contribution in [2.75, 3.05) is 18.9 Å². The fourth-order valence-corrected chi connectivity index (χ4v) is 3.08. The molecular formula is C16H20N2O3. The minimum absolute atomic E-state index is 0.0323. The Balaban J connectivity index is 1.89. The van der Waals surface area contributed by atoms with Crippen molar-refractivity contribution >= 4 is 22.6 Å². The van der Waals surface area contributed by atoms with Gasteiger partial charge in [-0.05, 0) is 37.1 Å². The second-order valence-corrected chi connectivity index (χ2v) is 5.57. The van der Waals surface area contributed by atoms with Crippen LogP contribution in [0, 0.1) is 0 Å². The van der Waals surface area contributed by atoms with Crippen molar-refractivity contribution in [3.05, 3.63) is 30.0 Å². The zero-order valence-electron chi connectivity index (χ0n) is 11.9. The molecule has 2 aromatic rings. The summed E-state index contributed by atoms with van der Waals surface area (Å²) < 4.78 is 5.64. The normalized spacial score (nSPS) is 15.7. The predicted molar refractivity (Wildman–Crippen MR) is 81.0 cm³/mol. The van der Waals surface area contributed by atoms with Gasteiger partial charge in [0.25, 0.3) is 5.91 Å². The van der Waals surface area contributed by atoms with E-state index in [-0.39, 0.29) is 18.6 Å². The number of carbonyl (C=O) groups excluding carboxylic acids is 1. The zero-order valence-corrected chi connectivity index (χ0v) is 11.9. The molecule has 1 heterocycles. The molecule has 0 atom stereocenters. The molecule has 0 spiro atoms. The maximum absolute atomic E-state index is 12.7. The average Bonchev–Trinajstić information content (AvgIpc) is 3.12. The molecule has 0 unspecified atom stereocenters. The highest BCUT2D eigenvalue weighted by Crippen LogP contribution is 2.27. The Kier molecular flexibility index (Phi) is 3.84. The fourth-order valence-electron chi connectivity index (χ4n) is 3.08. The average molecular weight is 288 g/mol. The zero-order chi connectivity index (χ0) is 14.8. The van der Waals surface area contributed by atoms with Crippen LogP contribution < -0.4 is 5.73 Å². The van der Waals surface area contributed by atoms with E-state index in [1.165, 1.54) is 0 Å². The van der Waals surface area contributed by atoms with E-state index in [2.05, 4.69) is 0 Å². The van der Waals surface area contributed by atoms with E-state index in [1.54, 1.807) is 29.2 Å². The van der Waals surface area contributed by atoms with Gasteiger partial charge in [-0.15, -0.1) is 0 Å². The Bertz CT molecular complexity index is 644. The number of benzene rings is 1. The number of carbonyl (C=O) groups is 1. The first-order valence-corrected chi connectivity index (χ1v) is 7.40. The van der Waals surface area contributed by atoms with Crippen LogP contribution >= 0.6 is 0 Å². The van der Waals surface area contributed by atoms with Crippen molar-refractivity contribution < 1.29 is 14.3 Å². The largest absolute Gasteiger partial charge is 0.451 e. The minimum atomic E-state index is -0.147. The number of hydrogen-bond acceptors (Lipinski definition) is 4. The van der Waals surface area contributed by atoms with Crippen LogP contribution in [0.5, 0.6) is 0 Å². The van der Waals surface area contributed by atoms with E-state index in [0.717, 1.165) is 31.1 Å². The Morgan fingerprint density at radius 2 is 2.10 bits per heavy atom. The summed E-state index contributed by atoms with van der Waals surface area (Å²) in [6, 6.07) is 7.26. The summed E-state index contributed by atoms with van der Waals surface area (Å²) in [6.07, 6.45) is 4.27. The molecule has 1 aliphatic rings. The van der Waals surface area contributed by atoms with Crippen LogP contribution in [0.3, 0.4) is 0 Å². The van der Waals surface area contributed by atoms with Gasteiger partial charge in [-0.25, -0.2) is 0 Å². The van der Waals surface area contributed by atoms with E-state index in [0.29, 0.717) is 23.6 Å². The van der Waals surface area contributed by atoms with Gasteiger partial charge in [0.1, 0.15) is 5.58 Å². The maximum Gasteiger partial charge on any atom is 0.289 e. The SMILES string of the molecule is Nc1ccc2oc(C(=O)N(CCO)C3CCCC3)cc2c1. The van der Waals surface area contributed by atoms with Gasteiger partial charge in [0.15, 0.2) is 5.76 Å². The third-order valence-corrected chi connectivity index (χ3v) is 4.12. The number of furan rings is 1. The summed E-state index contributed by atoms with van der Waals surface area (Å²) in [6.45, 7) is 0.318. The minimum Gasteiger partial charge on any atom is -0.451 e. The van der Waals surface area contributed by atoms with E-state index >= 15 is 0 Å². The van der Waals surface area contributed by atoms with Crippen molar-refractivity contribution in [3.63, 3.8) is 0 Å². The number of amides is 1. The van der Waals surface area contributed by atoms with E-state index < -0.39 is 0 Å². The summed E-state index contributed by atoms with van der Waals surface area (Å²) in [5.41, 5.74) is 7.05. The lowest BCUT2D eigenvalue weighted by Gasteiger charge is -2.27. The van der Waals surface area contributed by atoms with Gasteiger partial charge in [-0.2, -0.15) is 0 Å². The predicted octanol–water partition coefficient (Wildman–Crippen LogP) is 2.39. The molecule has 1 fully saturated rings. The van der Waals surface area contributed by atoms with Gasteiger partial charge < -0.3 is 20.2 Å². The quantitative estimate of drug-likeness (QED) is 0.847. The lowest BCUT2D eigenvalue weighted by atomic mass is 10.2. The number of fused-ring (bicyclic) bond motifs is 1. The Hall–Kier alpha value is -2.01. The van der Waals surface area contributed by atoms with Crippen LogP contribution in [0.15, 0.2) is 28.7 Å². The standard InChI is InChI=1S/C16H20N2O3/c17-12-5-6-14-11(9-12)10-15(21-14)16(20)18(7-8-19)13-3-1-2-4-13/h5-6,9-10,13,19H,1-4,7-8,17H2. The molecule has 5 nitrogen and oxygen atoms in total. The molecule has 0 bridgehead atoms. The van der Waals surface area contributed by atoms with Gasteiger partial charge >= 0.3 is 0 Å².